The van der Waals surface area contributed by atoms with Crippen LogP contribution >= 0.6 is 0 Å². The Morgan fingerprint density at radius 3 is 2.84 bits per heavy atom. The Bertz CT molecular complexity index is 401. The Morgan fingerprint density at radius 2 is 2.16 bits per heavy atom. The first-order valence-electron chi connectivity index (χ1n) is 7.17. The average molecular weight is 264 g/mol. The molecule has 4 heteroatoms. The van der Waals surface area contributed by atoms with E-state index in [1.807, 2.05) is 25.1 Å². The van der Waals surface area contributed by atoms with Crippen LogP contribution in [0.25, 0.3) is 0 Å². The molecule has 1 aliphatic rings. The van der Waals surface area contributed by atoms with E-state index >= 15 is 0 Å². The maximum Gasteiger partial charge on any atom is 0.215 e. The van der Waals surface area contributed by atoms with Gasteiger partial charge in [0.2, 0.25) is 5.88 Å². The summed E-state index contributed by atoms with van der Waals surface area (Å²) in [6.07, 6.45) is 3.94. The second kappa shape index (κ2) is 6.24. The van der Waals surface area contributed by atoms with Crippen LogP contribution in [0, 0.1) is 5.92 Å². The van der Waals surface area contributed by atoms with Crippen LogP contribution in [0.15, 0.2) is 18.2 Å². The number of nitrogens with zero attached hydrogens (tertiary/aromatic N) is 1. The number of hydrogen-bond donors (Lipinski definition) is 2. The zero-order valence-corrected chi connectivity index (χ0v) is 11.9. The van der Waals surface area contributed by atoms with Gasteiger partial charge >= 0.3 is 0 Å². The Morgan fingerprint density at radius 1 is 1.42 bits per heavy atom. The molecule has 2 N–H and O–H groups in total. The minimum atomic E-state index is -0.587. The third kappa shape index (κ3) is 4.10. The van der Waals surface area contributed by atoms with Crippen LogP contribution in [0.3, 0.4) is 0 Å². The highest BCUT2D eigenvalue weighted by atomic mass is 16.5. The molecule has 1 aliphatic carbocycles. The van der Waals surface area contributed by atoms with Gasteiger partial charge in [0, 0.05) is 12.6 Å². The van der Waals surface area contributed by atoms with Crippen molar-refractivity contribution >= 4 is 5.82 Å². The number of ether oxygens (including phenoxy) is 1. The molecule has 0 radical (unpaired) electrons. The number of rotatable bonds is 5. The summed E-state index contributed by atoms with van der Waals surface area (Å²) in [4.78, 5) is 4.35. The molecule has 1 aromatic heterocycles. The van der Waals surface area contributed by atoms with E-state index in [2.05, 4.69) is 17.2 Å². The van der Waals surface area contributed by atoms with Gasteiger partial charge in [-0.3, -0.25) is 0 Å². The van der Waals surface area contributed by atoms with Crippen molar-refractivity contribution in [1.82, 2.24) is 4.98 Å². The molecule has 0 spiro atoms. The van der Waals surface area contributed by atoms with Crippen molar-refractivity contribution in [2.75, 3.05) is 18.5 Å². The van der Waals surface area contributed by atoms with Crippen molar-refractivity contribution < 1.29 is 9.84 Å². The minimum absolute atomic E-state index is 0.558. The number of aromatic nitrogens is 1. The van der Waals surface area contributed by atoms with Crippen molar-refractivity contribution in [2.24, 2.45) is 5.92 Å². The lowest BCUT2D eigenvalue weighted by molar-refractivity contribution is 0.00493. The van der Waals surface area contributed by atoms with Crippen molar-refractivity contribution in [3.05, 3.63) is 18.2 Å². The van der Waals surface area contributed by atoms with Gasteiger partial charge in [0.25, 0.3) is 0 Å². The summed E-state index contributed by atoms with van der Waals surface area (Å²) < 4.78 is 5.36. The Hall–Kier alpha value is -1.29. The van der Waals surface area contributed by atoms with E-state index in [-0.39, 0.29) is 0 Å². The predicted octanol–water partition coefficient (Wildman–Crippen LogP) is 2.83. The first kappa shape index (κ1) is 14.1. The predicted molar refractivity (Wildman–Crippen MR) is 76.5 cm³/mol. The average Bonchev–Trinajstić information content (AvgIpc) is 2.41. The smallest absolute Gasteiger partial charge is 0.215 e. The first-order chi connectivity index (χ1) is 9.11. The molecule has 1 aromatic rings. The molecule has 0 aliphatic heterocycles. The lowest BCUT2D eigenvalue weighted by atomic mass is 9.79. The van der Waals surface area contributed by atoms with E-state index in [9.17, 15) is 5.11 Å². The maximum atomic E-state index is 10.5. The van der Waals surface area contributed by atoms with Gasteiger partial charge in [-0.15, -0.1) is 0 Å². The van der Waals surface area contributed by atoms with Crippen LogP contribution in [-0.4, -0.2) is 28.8 Å². The van der Waals surface area contributed by atoms with Gasteiger partial charge in [-0.1, -0.05) is 13.0 Å². The van der Waals surface area contributed by atoms with E-state index in [0.29, 0.717) is 19.0 Å². The van der Waals surface area contributed by atoms with E-state index in [1.165, 1.54) is 0 Å². The van der Waals surface area contributed by atoms with Gasteiger partial charge in [-0.25, -0.2) is 0 Å². The van der Waals surface area contributed by atoms with E-state index in [4.69, 9.17) is 4.74 Å². The second-order valence-corrected chi connectivity index (χ2v) is 5.55. The number of aliphatic hydroxyl groups is 1. The Labute approximate surface area is 115 Å². The minimum Gasteiger partial charge on any atom is -0.478 e. The van der Waals surface area contributed by atoms with Gasteiger partial charge in [0.05, 0.1) is 12.2 Å². The molecule has 0 unspecified atom stereocenters. The summed E-state index contributed by atoms with van der Waals surface area (Å²) in [5, 5.41) is 13.7. The van der Waals surface area contributed by atoms with E-state index in [1.54, 1.807) is 0 Å². The fourth-order valence-corrected chi connectivity index (χ4v) is 2.47. The highest BCUT2D eigenvalue weighted by molar-refractivity contribution is 5.37. The molecule has 0 aromatic carbocycles. The molecule has 2 rings (SSSR count). The number of hydrogen-bond acceptors (Lipinski definition) is 4. The largest absolute Gasteiger partial charge is 0.478 e. The van der Waals surface area contributed by atoms with Crippen LogP contribution in [0.2, 0.25) is 0 Å². The molecule has 4 nitrogen and oxygen atoms in total. The van der Waals surface area contributed by atoms with Gasteiger partial charge in [0.1, 0.15) is 5.82 Å². The Kier molecular flexibility index (Phi) is 4.64. The van der Waals surface area contributed by atoms with Crippen LogP contribution in [0.5, 0.6) is 5.88 Å². The third-order valence-corrected chi connectivity index (χ3v) is 3.82. The zero-order chi connectivity index (χ0) is 13.7. The summed E-state index contributed by atoms with van der Waals surface area (Å²) in [5.41, 5.74) is -0.587. The second-order valence-electron chi connectivity index (χ2n) is 5.55. The van der Waals surface area contributed by atoms with Crippen molar-refractivity contribution in [2.45, 2.75) is 45.1 Å². The number of nitrogens with one attached hydrogen (secondary N) is 1. The molecule has 19 heavy (non-hydrogen) atoms. The summed E-state index contributed by atoms with van der Waals surface area (Å²) in [5.74, 6) is 2.12. The highest BCUT2D eigenvalue weighted by Gasteiger charge is 2.31. The van der Waals surface area contributed by atoms with E-state index < -0.39 is 5.60 Å². The molecular formula is C15H24N2O2. The molecule has 1 fully saturated rings. The SMILES string of the molecule is CCOc1cccc(NCC2(O)CCC(C)CC2)n1. The molecule has 1 heterocycles. The summed E-state index contributed by atoms with van der Waals surface area (Å²) >= 11 is 0. The molecule has 106 valence electrons. The normalized spacial score (nSPS) is 27.0. The van der Waals surface area contributed by atoms with Crippen LogP contribution < -0.4 is 10.1 Å². The summed E-state index contributed by atoms with van der Waals surface area (Å²) in [6, 6.07) is 5.65. The van der Waals surface area contributed by atoms with Crippen LogP contribution in [0.1, 0.15) is 39.5 Å². The lowest BCUT2D eigenvalue weighted by Crippen LogP contribution is -2.40. The number of pyridine rings is 1. The summed E-state index contributed by atoms with van der Waals surface area (Å²) in [7, 11) is 0. The fourth-order valence-electron chi connectivity index (χ4n) is 2.47. The van der Waals surface area contributed by atoms with Crippen molar-refractivity contribution in [3.63, 3.8) is 0 Å². The highest BCUT2D eigenvalue weighted by Crippen LogP contribution is 2.31. The van der Waals surface area contributed by atoms with Gasteiger partial charge in [0.15, 0.2) is 0 Å². The molecule has 0 atom stereocenters. The molecule has 0 saturated heterocycles. The zero-order valence-electron chi connectivity index (χ0n) is 11.9. The molecule has 0 bridgehead atoms. The molecular weight excluding hydrogens is 240 g/mol. The fraction of sp³-hybridized carbons (Fsp3) is 0.667. The monoisotopic (exact) mass is 264 g/mol. The van der Waals surface area contributed by atoms with Gasteiger partial charge in [-0.2, -0.15) is 4.98 Å². The topological polar surface area (TPSA) is 54.4 Å². The standard InChI is InChI=1S/C15H24N2O2/c1-3-19-14-6-4-5-13(17-14)16-11-15(18)9-7-12(2)8-10-15/h4-6,12,18H,3,7-11H2,1-2H3,(H,16,17). The van der Waals surface area contributed by atoms with E-state index in [0.717, 1.165) is 37.4 Å². The van der Waals surface area contributed by atoms with Gasteiger partial charge < -0.3 is 15.2 Å². The van der Waals surface area contributed by atoms with Crippen LogP contribution in [-0.2, 0) is 0 Å². The number of anilines is 1. The summed E-state index contributed by atoms with van der Waals surface area (Å²) in [6.45, 7) is 5.36. The first-order valence-corrected chi connectivity index (χ1v) is 7.17. The molecule has 0 amide bonds. The lowest BCUT2D eigenvalue weighted by Gasteiger charge is -2.35. The molecule has 1 saturated carbocycles. The van der Waals surface area contributed by atoms with Gasteiger partial charge in [-0.05, 0) is 44.6 Å². The maximum absolute atomic E-state index is 10.5. The van der Waals surface area contributed by atoms with Crippen LogP contribution in [0.4, 0.5) is 5.82 Å². The third-order valence-electron chi connectivity index (χ3n) is 3.82. The Balaban J connectivity index is 1.89. The van der Waals surface area contributed by atoms with Crippen molar-refractivity contribution in [1.29, 1.82) is 0 Å². The van der Waals surface area contributed by atoms with Crippen molar-refractivity contribution in [3.8, 4) is 5.88 Å². The quantitative estimate of drug-likeness (QED) is 0.858.